The first-order chi connectivity index (χ1) is 14.0. The minimum absolute atomic E-state index is 0.187. The molecule has 0 amide bonds. The van der Waals surface area contributed by atoms with Crippen molar-refractivity contribution >= 4 is 22.8 Å². The monoisotopic (exact) mass is 396 g/mol. The van der Waals surface area contributed by atoms with Crippen molar-refractivity contribution < 1.29 is 19.1 Å². The Morgan fingerprint density at radius 1 is 0.931 bits per heavy atom. The predicted molar refractivity (Wildman–Crippen MR) is 106 cm³/mol. The quantitative estimate of drug-likeness (QED) is 0.467. The summed E-state index contributed by atoms with van der Waals surface area (Å²) in [5.74, 6) is -0.920. The highest BCUT2D eigenvalue weighted by Crippen LogP contribution is 2.14. The molecule has 3 aromatic rings. The van der Waals surface area contributed by atoms with Gasteiger partial charge >= 0.3 is 17.6 Å². The number of esters is 2. The molecule has 0 aliphatic rings. The highest BCUT2D eigenvalue weighted by atomic mass is 16.5. The maximum atomic E-state index is 12.7. The average molecular weight is 396 g/mol. The summed E-state index contributed by atoms with van der Waals surface area (Å²) in [5.41, 5.74) is -0.274. The largest absolute Gasteiger partial charge is 0.462 e. The van der Waals surface area contributed by atoms with E-state index in [1.165, 1.54) is 28.8 Å². The smallest absolute Gasteiger partial charge is 0.338 e. The van der Waals surface area contributed by atoms with E-state index in [9.17, 15) is 19.2 Å². The molecule has 8 heteroatoms. The van der Waals surface area contributed by atoms with Crippen LogP contribution in [0.4, 0.5) is 0 Å². The number of benzene rings is 2. The van der Waals surface area contributed by atoms with Crippen molar-refractivity contribution in [2.45, 2.75) is 26.9 Å². The average Bonchev–Trinajstić information content (AvgIpc) is 2.72. The van der Waals surface area contributed by atoms with Gasteiger partial charge in [-0.2, -0.15) is 0 Å². The molecule has 0 aliphatic carbocycles. The Morgan fingerprint density at radius 2 is 1.62 bits per heavy atom. The summed E-state index contributed by atoms with van der Waals surface area (Å²) < 4.78 is 12.5. The molecule has 1 heterocycles. The summed E-state index contributed by atoms with van der Waals surface area (Å²) in [6, 6.07) is 12.5. The molecule has 29 heavy (non-hydrogen) atoms. The van der Waals surface area contributed by atoms with Crippen LogP contribution in [0.1, 0.15) is 24.2 Å². The number of carbonyl (C=O) groups excluding carboxylic acids is 2. The molecule has 0 radical (unpaired) electrons. The van der Waals surface area contributed by atoms with Crippen LogP contribution >= 0.6 is 0 Å². The van der Waals surface area contributed by atoms with E-state index in [-0.39, 0.29) is 25.4 Å². The molecule has 2 aromatic carbocycles. The normalized spacial score (nSPS) is 10.7. The zero-order valence-electron chi connectivity index (χ0n) is 16.1. The number of aromatic nitrogens is 2. The Bertz CT molecular complexity index is 1170. The van der Waals surface area contributed by atoms with Crippen LogP contribution < -0.4 is 16.0 Å². The maximum absolute atomic E-state index is 12.7. The topological polar surface area (TPSA) is 96.6 Å². The van der Waals surface area contributed by atoms with Crippen molar-refractivity contribution in [3.05, 3.63) is 74.9 Å². The van der Waals surface area contributed by atoms with E-state index in [1.54, 1.807) is 38.1 Å². The maximum Gasteiger partial charge on any atom is 0.338 e. The lowest BCUT2D eigenvalue weighted by Crippen LogP contribution is -2.41. The first-order valence-corrected chi connectivity index (χ1v) is 9.16. The zero-order chi connectivity index (χ0) is 21.0. The Kier molecular flexibility index (Phi) is 5.92. The van der Waals surface area contributed by atoms with Gasteiger partial charge in [-0.15, -0.1) is 0 Å². The molecule has 150 valence electrons. The molecular formula is C21H20N2O6. The molecule has 0 fully saturated rings. The second kappa shape index (κ2) is 8.55. The lowest BCUT2D eigenvalue weighted by Gasteiger charge is -2.13. The molecule has 8 nitrogen and oxygen atoms in total. The second-order valence-electron chi connectivity index (χ2n) is 6.15. The molecule has 3 rings (SSSR count). The molecule has 1 aromatic heterocycles. The van der Waals surface area contributed by atoms with Crippen molar-refractivity contribution in [3.63, 3.8) is 0 Å². The summed E-state index contributed by atoms with van der Waals surface area (Å²) in [6.45, 7) is 3.48. The number of nitrogens with zero attached hydrogens (tertiary/aromatic N) is 2. The van der Waals surface area contributed by atoms with Crippen molar-refractivity contribution in [1.29, 1.82) is 0 Å². The lowest BCUT2D eigenvalue weighted by molar-refractivity contribution is -0.135. The summed E-state index contributed by atoms with van der Waals surface area (Å²) in [7, 11) is 0. The third-order valence-electron chi connectivity index (χ3n) is 4.33. The summed E-state index contributed by atoms with van der Waals surface area (Å²) >= 11 is 0. The molecular weight excluding hydrogens is 376 g/mol. The number of fused-ring (bicyclic) bond motifs is 1. The fourth-order valence-corrected chi connectivity index (χ4v) is 2.97. The summed E-state index contributed by atoms with van der Waals surface area (Å²) in [4.78, 5) is 49.2. The number of carbonyl (C=O) groups is 2. The Morgan fingerprint density at radius 3 is 2.28 bits per heavy atom. The third-order valence-corrected chi connectivity index (χ3v) is 4.33. The van der Waals surface area contributed by atoms with E-state index in [0.717, 1.165) is 4.57 Å². The van der Waals surface area contributed by atoms with Crippen LogP contribution in [0.2, 0.25) is 0 Å². The van der Waals surface area contributed by atoms with E-state index in [0.29, 0.717) is 16.5 Å². The highest BCUT2D eigenvalue weighted by Gasteiger charge is 2.16. The number of rotatable bonds is 6. The van der Waals surface area contributed by atoms with E-state index in [1.807, 2.05) is 0 Å². The van der Waals surface area contributed by atoms with Gasteiger partial charge in [-0.1, -0.05) is 12.1 Å². The van der Waals surface area contributed by atoms with Gasteiger partial charge in [0.05, 0.1) is 23.1 Å². The molecule has 0 atom stereocenters. The van der Waals surface area contributed by atoms with E-state index < -0.39 is 23.2 Å². The molecule has 0 N–H and O–H groups in total. The number of hydrogen-bond acceptors (Lipinski definition) is 6. The van der Waals surface area contributed by atoms with Gasteiger partial charge in [0.2, 0.25) is 0 Å². The van der Waals surface area contributed by atoms with Crippen molar-refractivity contribution in [3.8, 4) is 5.75 Å². The van der Waals surface area contributed by atoms with Crippen molar-refractivity contribution in [2.24, 2.45) is 0 Å². The van der Waals surface area contributed by atoms with Crippen LogP contribution in [-0.4, -0.2) is 27.7 Å². The van der Waals surface area contributed by atoms with Gasteiger partial charge in [0, 0.05) is 6.54 Å². The standard InChI is InChI=1S/C21H20N2O6/c1-3-22-19(25)16-7-5-6-8-17(16)23(21(22)27)13-18(24)29-15-11-9-14(10-12-15)20(26)28-4-2/h5-12H,3-4,13H2,1-2H3. The van der Waals surface area contributed by atoms with Gasteiger partial charge < -0.3 is 9.47 Å². The van der Waals surface area contributed by atoms with Crippen LogP contribution in [0.25, 0.3) is 10.9 Å². The van der Waals surface area contributed by atoms with Gasteiger partial charge in [-0.25, -0.2) is 14.4 Å². The number of ether oxygens (including phenoxy) is 2. The Labute approximate surface area is 165 Å². The number of hydrogen-bond donors (Lipinski definition) is 0. The molecule has 0 saturated heterocycles. The van der Waals surface area contributed by atoms with Crippen LogP contribution in [0.3, 0.4) is 0 Å². The molecule has 0 saturated carbocycles. The van der Waals surface area contributed by atoms with Crippen LogP contribution in [-0.2, 0) is 22.6 Å². The van der Waals surface area contributed by atoms with Gasteiger partial charge in [-0.05, 0) is 50.2 Å². The first kappa shape index (κ1) is 20.1. The van der Waals surface area contributed by atoms with Gasteiger partial charge in [0.1, 0.15) is 12.3 Å². The van der Waals surface area contributed by atoms with Gasteiger partial charge in [0.25, 0.3) is 5.56 Å². The van der Waals surface area contributed by atoms with Crippen LogP contribution in [0.15, 0.2) is 58.1 Å². The van der Waals surface area contributed by atoms with Gasteiger partial charge in [-0.3, -0.25) is 13.9 Å². The molecule has 0 aliphatic heterocycles. The van der Waals surface area contributed by atoms with E-state index in [2.05, 4.69) is 0 Å². The Hall–Kier alpha value is -3.68. The first-order valence-electron chi connectivity index (χ1n) is 9.16. The second-order valence-corrected chi connectivity index (χ2v) is 6.15. The SMILES string of the molecule is CCOC(=O)c1ccc(OC(=O)Cn2c(=O)n(CC)c(=O)c3ccccc32)cc1. The molecule has 0 bridgehead atoms. The highest BCUT2D eigenvalue weighted by molar-refractivity contribution is 5.89. The zero-order valence-corrected chi connectivity index (χ0v) is 16.1. The van der Waals surface area contributed by atoms with Gasteiger partial charge in [0.15, 0.2) is 0 Å². The number of para-hydroxylation sites is 1. The minimum Gasteiger partial charge on any atom is -0.462 e. The van der Waals surface area contributed by atoms with Crippen LogP contribution in [0, 0.1) is 0 Å². The fourth-order valence-electron chi connectivity index (χ4n) is 2.97. The predicted octanol–water partition coefficient (Wildman–Crippen LogP) is 1.97. The van der Waals surface area contributed by atoms with E-state index in [4.69, 9.17) is 9.47 Å². The summed E-state index contributed by atoms with van der Waals surface area (Å²) in [6.07, 6.45) is 0. The Balaban J connectivity index is 1.86. The lowest BCUT2D eigenvalue weighted by atomic mass is 10.2. The molecule has 0 spiro atoms. The minimum atomic E-state index is -0.678. The van der Waals surface area contributed by atoms with Crippen LogP contribution in [0.5, 0.6) is 5.75 Å². The third kappa shape index (κ3) is 4.11. The van der Waals surface area contributed by atoms with Crippen molar-refractivity contribution in [2.75, 3.05) is 6.61 Å². The molecule has 0 unspecified atom stereocenters. The fraction of sp³-hybridized carbons (Fsp3) is 0.238. The van der Waals surface area contributed by atoms with E-state index >= 15 is 0 Å². The summed E-state index contributed by atoms with van der Waals surface area (Å²) in [5, 5.41) is 0.348. The van der Waals surface area contributed by atoms with Crippen molar-refractivity contribution in [1.82, 2.24) is 9.13 Å².